The van der Waals surface area contributed by atoms with Gasteiger partial charge in [-0.25, -0.2) is 37.8 Å². The van der Waals surface area contributed by atoms with E-state index in [0.29, 0.717) is 0 Å². The van der Waals surface area contributed by atoms with E-state index in [0.717, 1.165) is 141 Å². The Labute approximate surface area is 542 Å². The number of halogens is 4. The van der Waals surface area contributed by atoms with Crippen LogP contribution in [0.25, 0.3) is 83.3 Å². The average molecular weight is 1290 g/mol. The van der Waals surface area contributed by atoms with Crippen molar-refractivity contribution in [1.82, 2.24) is 9.13 Å². The predicted molar refractivity (Wildman–Crippen MR) is 367 cm³/mol. The normalized spacial score (nSPS) is 15.3. The Kier molecular flexibility index (Phi) is 22.3. The van der Waals surface area contributed by atoms with Gasteiger partial charge in [-0.15, -0.1) is 45.3 Å². The molecule has 6 aromatic heterocycles. The quantitative estimate of drug-likeness (QED) is 0.0138. The van der Waals surface area contributed by atoms with Crippen LogP contribution >= 0.6 is 45.3 Å². The number of carbonyl (C=O) groups is 2. The van der Waals surface area contributed by atoms with Crippen molar-refractivity contribution >= 4 is 130 Å². The third-order valence-electron chi connectivity index (χ3n) is 18.3. The van der Waals surface area contributed by atoms with Crippen molar-refractivity contribution in [2.75, 3.05) is 0 Å². The molecule has 8 nitrogen and oxygen atoms in total. The molecule has 0 bridgehead atoms. The molecule has 6 heterocycles. The van der Waals surface area contributed by atoms with Crippen molar-refractivity contribution < 1.29 is 27.2 Å². The molecule has 0 amide bonds. The van der Waals surface area contributed by atoms with Crippen LogP contribution in [-0.2, 0) is 0 Å². The van der Waals surface area contributed by atoms with E-state index >= 15 is 0 Å². The second-order valence-corrected chi connectivity index (χ2v) is 28.7. The molecule has 0 aliphatic heterocycles. The lowest BCUT2D eigenvalue weighted by atomic mass is 9.99. The van der Waals surface area contributed by atoms with Crippen LogP contribution in [0.2, 0.25) is 0 Å². The zero-order valence-corrected chi connectivity index (χ0v) is 55.5. The van der Waals surface area contributed by atoms with E-state index in [-0.39, 0.29) is 68.0 Å². The molecule has 2 aliphatic carbocycles. The summed E-state index contributed by atoms with van der Waals surface area (Å²) >= 11 is 6.71. The molecule has 90 heavy (non-hydrogen) atoms. The minimum atomic E-state index is -1.18. The van der Waals surface area contributed by atoms with Gasteiger partial charge < -0.3 is 9.13 Å². The number of hydrogen-bond donors (Lipinski definition) is 0. The van der Waals surface area contributed by atoms with Crippen molar-refractivity contribution in [2.45, 2.75) is 220 Å². The van der Waals surface area contributed by atoms with E-state index in [1.165, 1.54) is 123 Å². The summed E-state index contributed by atoms with van der Waals surface area (Å²) in [6, 6.07) is 11.9. The number of carbonyl (C=O) groups excluding carboxylic acids is 2. The number of thiophene rings is 4. The summed E-state index contributed by atoms with van der Waals surface area (Å²) < 4.78 is 71.7. The van der Waals surface area contributed by atoms with Gasteiger partial charge >= 0.3 is 0 Å². The van der Waals surface area contributed by atoms with Gasteiger partial charge in [-0.05, 0) is 85.4 Å². The molecule has 2 aromatic carbocycles. The predicted octanol–water partition coefficient (Wildman–Crippen LogP) is 24.8. The Bertz CT molecular complexity index is 3990. The van der Waals surface area contributed by atoms with Crippen LogP contribution in [0.5, 0.6) is 0 Å². The number of Topliss-reactive ketones (excluding diaryl/α,β-unsaturated/α-hetero) is 2. The Morgan fingerprint density at radius 2 is 0.733 bits per heavy atom. The maximum absolute atomic E-state index is 15.0. The van der Waals surface area contributed by atoms with Crippen LogP contribution < -0.4 is 0 Å². The summed E-state index contributed by atoms with van der Waals surface area (Å²) in [6.07, 6.45) is 35.0. The molecule has 468 valence electrons. The van der Waals surface area contributed by atoms with Gasteiger partial charge in [0.1, 0.15) is 0 Å². The number of benzene rings is 2. The molecule has 0 spiro atoms. The Balaban J connectivity index is 1.21. The number of rotatable bonds is 32. The van der Waals surface area contributed by atoms with Crippen molar-refractivity contribution in [3.05, 3.63) is 137 Å². The number of ketones is 2. The number of allylic oxidation sites excluding steroid dienone is 6. The van der Waals surface area contributed by atoms with E-state index in [9.17, 15) is 37.7 Å². The molecule has 0 unspecified atom stereocenters. The molecule has 16 heteroatoms. The van der Waals surface area contributed by atoms with Crippen molar-refractivity contribution in [1.29, 1.82) is 10.5 Å². The van der Waals surface area contributed by atoms with Crippen LogP contribution in [0.1, 0.15) is 261 Å². The molecule has 0 saturated heterocycles. The first kappa shape index (κ1) is 66.0. The van der Waals surface area contributed by atoms with Crippen molar-refractivity contribution in [3.8, 4) is 12.1 Å². The first-order valence-electron chi connectivity index (χ1n) is 32.9. The van der Waals surface area contributed by atoms with Gasteiger partial charge in [-0.1, -0.05) is 182 Å². The molecule has 0 saturated carbocycles. The average Bonchev–Trinajstić information content (AvgIpc) is 1.52. The van der Waals surface area contributed by atoms with Gasteiger partial charge in [0, 0.05) is 55.3 Å². The number of nitriles is 2. The van der Waals surface area contributed by atoms with Gasteiger partial charge in [-0.3, -0.25) is 9.59 Å². The maximum Gasteiger partial charge on any atom is 0.270 e. The minimum Gasteiger partial charge on any atom is -0.335 e. The molecule has 8 aromatic rings. The van der Waals surface area contributed by atoms with Gasteiger partial charge in [-0.2, -0.15) is 0 Å². The first-order valence-corrected chi connectivity index (χ1v) is 36.1. The standard InChI is InChI=1S/C74H78F4N6O2S4/c1-7-11-15-19-23-27-31-45(32-28-24-20-16-12-8-2)83-61-37-47(35-53-63(59(43-79)81-5)49-39-55(75)57(77)41-51(49)67(53)85)87-69(61)71-65(83)73-74(89-71)66-72(90-73)70-62(84(66)46(33-29-25-21-17-13-9-3)34-30-26-22-18-14-10-4)38-48(88-70)36-54-64(60(44-80)82-6)50-40-56(76)58(78)42-52(50)68(54)86/h35-42,45-46H,7-34H2,1-4H3/b53-35-,54-36-,63-59-,64-60+. The lowest BCUT2D eigenvalue weighted by molar-refractivity contribution is 0.103. The Morgan fingerprint density at radius 1 is 0.444 bits per heavy atom. The molecule has 0 atom stereocenters. The molecule has 2 aliphatic rings. The second kappa shape index (κ2) is 30.5. The zero-order chi connectivity index (χ0) is 63.6. The summed E-state index contributed by atoms with van der Waals surface area (Å²) in [5, 5.41) is 20.5. The van der Waals surface area contributed by atoms with Crippen LogP contribution in [0.15, 0.2) is 58.9 Å². The van der Waals surface area contributed by atoms with E-state index in [2.05, 4.69) is 58.7 Å². The van der Waals surface area contributed by atoms with Gasteiger partial charge in [0.15, 0.2) is 34.8 Å². The van der Waals surface area contributed by atoms with Crippen molar-refractivity contribution in [2.24, 2.45) is 0 Å². The van der Waals surface area contributed by atoms with Crippen LogP contribution in [0, 0.1) is 59.1 Å². The van der Waals surface area contributed by atoms with Gasteiger partial charge in [0.2, 0.25) is 0 Å². The van der Waals surface area contributed by atoms with Crippen molar-refractivity contribution in [3.63, 3.8) is 0 Å². The van der Waals surface area contributed by atoms with E-state index in [1.54, 1.807) is 57.5 Å². The molecular weight excluding hydrogens is 1210 g/mol. The minimum absolute atomic E-state index is 0.00928. The first-order chi connectivity index (χ1) is 43.9. The molecule has 10 rings (SSSR count). The molecular formula is C74H78F4N6O2S4. The Morgan fingerprint density at radius 3 is 1.03 bits per heavy atom. The van der Waals surface area contributed by atoms with Crippen LogP contribution in [0.4, 0.5) is 17.6 Å². The lowest BCUT2D eigenvalue weighted by Gasteiger charge is -2.22. The number of nitrogens with zero attached hydrogens (tertiary/aromatic N) is 6. The third-order valence-corrected chi connectivity index (χ3v) is 23.3. The second-order valence-electron chi connectivity index (χ2n) is 24.5. The summed E-state index contributed by atoms with van der Waals surface area (Å²) in [4.78, 5) is 37.1. The summed E-state index contributed by atoms with van der Waals surface area (Å²) in [5.41, 5.74) is 3.73. The summed E-state index contributed by atoms with van der Waals surface area (Å²) in [6.45, 7) is 24.8. The highest BCUT2D eigenvalue weighted by molar-refractivity contribution is 7.40. The zero-order valence-electron chi connectivity index (χ0n) is 52.2. The third kappa shape index (κ3) is 13.4. The molecule has 0 N–H and O–H groups in total. The fraction of sp³-hybridized carbons (Fsp3) is 0.459. The fourth-order valence-corrected chi connectivity index (χ4v) is 19.1. The number of aromatic nitrogens is 2. The summed E-state index contributed by atoms with van der Waals surface area (Å²) in [7, 11) is 0. The lowest BCUT2D eigenvalue weighted by Crippen LogP contribution is -2.09. The van der Waals surface area contributed by atoms with Crippen LogP contribution in [0.3, 0.4) is 0 Å². The number of fused-ring (bicyclic) bond motifs is 11. The molecule has 0 fully saturated rings. The monoisotopic (exact) mass is 1290 g/mol. The van der Waals surface area contributed by atoms with E-state index < -0.39 is 34.8 Å². The largest absolute Gasteiger partial charge is 0.335 e. The van der Waals surface area contributed by atoms with Gasteiger partial charge in [0.05, 0.1) is 75.5 Å². The highest BCUT2D eigenvalue weighted by Crippen LogP contribution is 2.56. The number of unbranched alkanes of at least 4 members (excludes halogenated alkanes) is 20. The van der Waals surface area contributed by atoms with E-state index in [4.69, 9.17) is 13.1 Å². The maximum atomic E-state index is 15.0. The topological polar surface area (TPSA) is 100 Å². The number of hydrogen-bond acceptors (Lipinski definition) is 8. The Hall–Kier alpha value is -6.92. The molecule has 0 radical (unpaired) electrons. The SMILES string of the molecule is [C-]#[N+]/C(C#N)=C1\C(=C\c2cc3c(s2)c2sc4c(sc5c6sc(/C=C7\C(=O)c8cc(F)c(F)cc8\C7=C(\C#N)[N+]#[C-])cc6n(C(CCCCCCCC)CCCCCCCC)c54)c2n3C(CCCCCCCC)CCCCCCCC)C(=O)c2cc(F)c(F)cc21. The highest BCUT2D eigenvalue weighted by atomic mass is 32.1. The van der Waals surface area contributed by atoms with E-state index in [1.807, 2.05) is 12.1 Å². The highest BCUT2D eigenvalue weighted by Gasteiger charge is 2.37. The van der Waals surface area contributed by atoms with Gasteiger partial charge in [0.25, 0.3) is 11.4 Å². The van der Waals surface area contributed by atoms with Crippen LogP contribution in [-0.4, -0.2) is 20.7 Å². The fourth-order valence-electron chi connectivity index (χ4n) is 13.8. The smallest absolute Gasteiger partial charge is 0.270 e. The summed E-state index contributed by atoms with van der Waals surface area (Å²) in [5.74, 6) is -5.84.